The fraction of sp³-hybridized carbons (Fsp3) is 0.438. The maximum Gasteiger partial charge on any atom is 0.308 e. The normalized spacial score (nSPS) is 14.9. The van der Waals surface area contributed by atoms with Gasteiger partial charge in [-0.25, -0.2) is 0 Å². The van der Waals surface area contributed by atoms with Crippen molar-refractivity contribution in [1.29, 1.82) is 10.5 Å². The van der Waals surface area contributed by atoms with Crippen LogP contribution in [0.15, 0.2) is 60.7 Å². The van der Waals surface area contributed by atoms with Crippen LogP contribution in [0.4, 0.5) is 0 Å². The van der Waals surface area contributed by atoms with Gasteiger partial charge in [-0.2, -0.15) is 10.5 Å². The summed E-state index contributed by atoms with van der Waals surface area (Å²) in [4.78, 5) is 24.7. The molecule has 0 aliphatic heterocycles. The van der Waals surface area contributed by atoms with Crippen LogP contribution < -0.4 is 0 Å². The zero-order valence-electron chi connectivity index (χ0n) is 25.1. The van der Waals surface area contributed by atoms with Gasteiger partial charge in [0.25, 0.3) is 0 Å². The summed E-state index contributed by atoms with van der Waals surface area (Å²) >= 11 is 13.4. The van der Waals surface area contributed by atoms with E-state index in [1.165, 1.54) is 23.5 Å². The molecule has 0 radical (unpaired) electrons. The fourth-order valence-electron chi connectivity index (χ4n) is 3.60. The summed E-state index contributed by atoms with van der Waals surface area (Å²) in [6.07, 6.45) is -1.12. The van der Waals surface area contributed by atoms with E-state index in [-0.39, 0.29) is 38.9 Å². The molecule has 0 aliphatic rings. The van der Waals surface area contributed by atoms with Gasteiger partial charge in [0.1, 0.15) is 9.49 Å². The maximum absolute atomic E-state index is 12.3. The molecule has 0 aliphatic carbocycles. The van der Waals surface area contributed by atoms with Gasteiger partial charge in [0.15, 0.2) is 12.6 Å². The van der Waals surface area contributed by atoms with E-state index in [1.807, 2.05) is 60.7 Å². The number of nitrogens with zero attached hydrogens (tertiary/aromatic N) is 2. The summed E-state index contributed by atoms with van der Waals surface area (Å²) < 4.78 is 20.9. The number of hydrogen-bond acceptors (Lipinski definition) is 12. The van der Waals surface area contributed by atoms with Gasteiger partial charge in [-0.05, 0) is 51.7 Å². The molecule has 0 amide bonds. The van der Waals surface area contributed by atoms with Gasteiger partial charge >= 0.3 is 11.9 Å². The van der Waals surface area contributed by atoms with E-state index in [0.717, 1.165) is 11.1 Å². The van der Waals surface area contributed by atoms with Crippen LogP contribution in [0.3, 0.4) is 0 Å². The number of carbonyl (C=O) groups is 2. The van der Waals surface area contributed by atoms with Crippen molar-refractivity contribution in [1.82, 2.24) is 0 Å². The van der Waals surface area contributed by atoms with Gasteiger partial charge in [-0.3, -0.25) is 9.59 Å². The molecular formula is C32H36N2O6S4. The Balaban J connectivity index is 1.64. The third-order valence-corrected chi connectivity index (χ3v) is 9.43. The number of rotatable bonds is 17. The molecule has 234 valence electrons. The van der Waals surface area contributed by atoms with Crippen molar-refractivity contribution in [3.05, 3.63) is 71.8 Å². The molecule has 0 saturated carbocycles. The molecule has 0 heterocycles. The first-order valence-corrected chi connectivity index (χ1v) is 16.3. The monoisotopic (exact) mass is 672 g/mol. The molecule has 2 aromatic carbocycles. The molecule has 8 nitrogen and oxygen atoms in total. The molecule has 0 saturated heterocycles. The van der Waals surface area contributed by atoms with Crippen molar-refractivity contribution in [2.45, 2.75) is 75.5 Å². The minimum Gasteiger partial charge on any atom is -0.436 e. The molecule has 0 aromatic heterocycles. The van der Waals surface area contributed by atoms with Gasteiger partial charge in [-0.15, -0.1) is 0 Å². The van der Waals surface area contributed by atoms with Crippen LogP contribution in [0.25, 0.3) is 0 Å². The first-order valence-electron chi connectivity index (χ1n) is 13.9. The van der Waals surface area contributed by atoms with Gasteiger partial charge in [-0.1, -0.05) is 109 Å². The van der Waals surface area contributed by atoms with E-state index in [1.54, 1.807) is 27.7 Å². The molecule has 4 atom stereocenters. The number of ether oxygens (including phenoxy) is 4. The zero-order valence-corrected chi connectivity index (χ0v) is 28.4. The Morgan fingerprint density at radius 2 is 1.07 bits per heavy atom. The minimum absolute atomic E-state index is 0.0209. The third kappa shape index (κ3) is 13.9. The highest BCUT2D eigenvalue weighted by atomic mass is 32.2. The Hall–Kier alpha value is -2.84. The molecule has 0 spiro atoms. The molecule has 0 fully saturated rings. The summed E-state index contributed by atoms with van der Waals surface area (Å²) in [5.74, 6) is -0.999. The number of thioether (sulfide) groups is 2. The summed E-state index contributed by atoms with van der Waals surface area (Å²) in [5.41, 5.74) is 1.70. The smallest absolute Gasteiger partial charge is 0.308 e. The highest BCUT2D eigenvalue weighted by Crippen LogP contribution is 2.34. The second-order valence-electron chi connectivity index (χ2n) is 10.1. The Labute approximate surface area is 278 Å². The molecule has 0 N–H and O–H groups in total. The Kier molecular flexibility index (Phi) is 16.0. The number of thiocarbonyl (C=S) groups is 2. The Morgan fingerprint density at radius 1 is 0.727 bits per heavy atom. The maximum atomic E-state index is 12.3. The van der Waals surface area contributed by atoms with E-state index in [2.05, 4.69) is 12.1 Å². The first-order chi connectivity index (χ1) is 20.9. The van der Waals surface area contributed by atoms with Crippen LogP contribution in [-0.4, -0.2) is 55.6 Å². The average molecular weight is 673 g/mol. The van der Waals surface area contributed by atoms with E-state index >= 15 is 0 Å². The lowest BCUT2D eigenvalue weighted by atomic mass is 10.1. The van der Waals surface area contributed by atoms with Gasteiger partial charge < -0.3 is 18.9 Å². The van der Waals surface area contributed by atoms with Gasteiger partial charge in [0.05, 0.1) is 33.7 Å². The SMILES string of the molecule is CC(OCCOC(C)OC(=O)CCC(C)(C#N)SC(=S)c1ccccc1)OC(=O)CCC(C)(C#N)SC(=S)c1ccccc1. The molecule has 44 heavy (non-hydrogen) atoms. The van der Waals surface area contributed by atoms with Gasteiger partial charge in [0, 0.05) is 12.8 Å². The highest BCUT2D eigenvalue weighted by Gasteiger charge is 2.30. The van der Waals surface area contributed by atoms with Crippen molar-refractivity contribution in [3.8, 4) is 12.1 Å². The fourth-order valence-corrected chi connectivity index (χ4v) is 6.80. The van der Waals surface area contributed by atoms with Crippen molar-refractivity contribution in [2.24, 2.45) is 0 Å². The second-order valence-corrected chi connectivity index (χ2v) is 14.4. The number of esters is 2. The number of nitriles is 2. The summed E-state index contributed by atoms with van der Waals surface area (Å²) in [7, 11) is 0. The van der Waals surface area contributed by atoms with Crippen LogP contribution in [-0.2, 0) is 28.5 Å². The summed E-state index contributed by atoms with van der Waals surface area (Å²) in [5, 5.41) is 19.4. The Morgan fingerprint density at radius 3 is 1.39 bits per heavy atom. The van der Waals surface area contributed by atoms with Crippen LogP contribution in [0.1, 0.15) is 64.5 Å². The predicted octanol–water partition coefficient (Wildman–Crippen LogP) is 7.14. The van der Waals surface area contributed by atoms with E-state index in [0.29, 0.717) is 8.39 Å². The highest BCUT2D eigenvalue weighted by molar-refractivity contribution is 8.25. The largest absolute Gasteiger partial charge is 0.436 e. The summed E-state index contributed by atoms with van der Waals surface area (Å²) in [6.45, 7) is 6.83. The molecule has 12 heteroatoms. The van der Waals surface area contributed by atoms with Crippen molar-refractivity contribution in [3.63, 3.8) is 0 Å². The van der Waals surface area contributed by atoms with E-state index in [9.17, 15) is 20.1 Å². The van der Waals surface area contributed by atoms with Crippen LogP contribution >= 0.6 is 48.0 Å². The van der Waals surface area contributed by atoms with Crippen LogP contribution in [0.5, 0.6) is 0 Å². The van der Waals surface area contributed by atoms with Crippen molar-refractivity contribution < 1.29 is 28.5 Å². The van der Waals surface area contributed by atoms with E-state index in [4.69, 9.17) is 43.4 Å². The van der Waals surface area contributed by atoms with E-state index < -0.39 is 34.0 Å². The Bertz CT molecular complexity index is 1240. The molecule has 2 aromatic rings. The topological polar surface area (TPSA) is 119 Å². The molecule has 4 unspecified atom stereocenters. The first kappa shape index (κ1) is 37.3. The molecule has 2 rings (SSSR count). The second kappa shape index (κ2) is 18.8. The van der Waals surface area contributed by atoms with Crippen LogP contribution in [0.2, 0.25) is 0 Å². The molecule has 0 bridgehead atoms. The minimum atomic E-state index is -0.890. The van der Waals surface area contributed by atoms with Gasteiger partial charge in [0.2, 0.25) is 0 Å². The molecular weight excluding hydrogens is 637 g/mol. The van der Waals surface area contributed by atoms with Crippen molar-refractivity contribution in [2.75, 3.05) is 13.2 Å². The van der Waals surface area contributed by atoms with Crippen molar-refractivity contribution >= 4 is 68.3 Å². The van der Waals surface area contributed by atoms with Crippen LogP contribution in [0, 0.1) is 22.7 Å². The lowest BCUT2D eigenvalue weighted by Crippen LogP contribution is -2.26. The standard InChI is InChI=1S/C32H36N2O6S4/c1-23(39-27(35)15-17-31(3,21-33)43-29(41)25-11-7-5-8-12-25)37-19-20-38-24(2)40-28(36)16-18-32(4,22-34)44-30(42)26-13-9-6-10-14-26/h5-14,23-24H,15-20H2,1-4H3. The number of carbonyl (C=O) groups excluding carboxylic acids is 2. The number of hydrogen-bond donors (Lipinski definition) is 0. The number of benzene rings is 2. The lowest BCUT2D eigenvalue weighted by Gasteiger charge is -2.22. The third-order valence-electron chi connectivity index (χ3n) is 6.12. The lowest BCUT2D eigenvalue weighted by molar-refractivity contribution is -0.191. The quantitative estimate of drug-likeness (QED) is 0.0735. The zero-order chi connectivity index (χ0) is 32.6. The summed E-state index contributed by atoms with van der Waals surface area (Å²) in [6, 6.07) is 23.3. The predicted molar refractivity (Wildman–Crippen MR) is 181 cm³/mol. The average Bonchev–Trinajstić information content (AvgIpc) is 3.02.